The second kappa shape index (κ2) is 9.30. The zero-order chi connectivity index (χ0) is 20.0. The maximum absolute atomic E-state index is 13.1. The quantitative estimate of drug-likeness (QED) is 0.722. The second-order valence-corrected chi connectivity index (χ2v) is 8.97. The smallest absolute Gasteiger partial charge is 0.243 e. The number of aryl methyl sites for hydroxylation is 1. The lowest BCUT2D eigenvalue weighted by Gasteiger charge is -2.31. The summed E-state index contributed by atoms with van der Waals surface area (Å²) in [5.41, 5.74) is 1.23. The molecule has 3 rings (SSSR count). The van der Waals surface area contributed by atoms with Crippen molar-refractivity contribution in [2.75, 3.05) is 19.6 Å². The van der Waals surface area contributed by atoms with E-state index in [-0.39, 0.29) is 23.3 Å². The molecular weight excluding hydrogens is 379 g/mol. The van der Waals surface area contributed by atoms with Crippen molar-refractivity contribution < 1.29 is 17.6 Å². The Hall–Kier alpha value is -2.25. The number of nitrogens with one attached hydrogen (secondary N) is 1. The van der Waals surface area contributed by atoms with Gasteiger partial charge in [-0.05, 0) is 55.5 Å². The van der Waals surface area contributed by atoms with Gasteiger partial charge in [0, 0.05) is 19.6 Å². The van der Waals surface area contributed by atoms with Crippen LogP contribution in [-0.4, -0.2) is 38.3 Å². The lowest BCUT2D eigenvalue weighted by atomic mass is 9.99. The Bertz CT molecular complexity index is 886. The zero-order valence-corrected chi connectivity index (χ0v) is 16.5. The van der Waals surface area contributed by atoms with E-state index in [9.17, 15) is 17.6 Å². The van der Waals surface area contributed by atoms with Crippen LogP contribution in [0.4, 0.5) is 4.39 Å². The number of halogens is 1. The number of piperidine rings is 1. The van der Waals surface area contributed by atoms with Gasteiger partial charge in [-0.15, -0.1) is 0 Å². The summed E-state index contributed by atoms with van der Waals surface area (Å²) in [4.78, 5) is 12.5. The molecule has 2 aromatic rings. The molecule has 0 radical (unpaired) electrons. The van der Waals surface area contributed by atoms with Crippen LogP contribution in [-0.2, 0) is 21.2 Å². The molecule has 1 unspecified atom stereocenters. The standard InChI is InChI=1S/C21H25FN2O3S/c22-19-10-12-20(13-11-19)28(26,27)24-15-5-9-18(16-24)21(25)23-14-4-8-17-6-2-1-3-7-17/h1-3,6-7,10-13,18H,4-5,8-9,14-16H2,(H,23,25). The Balaban J connectivity index is 1.52. The van der Waals surface area contributed by atoms with Crippen LogP contribution in [0.5, 0.6) is 0 Å². The van der Waals surface area contributed by atoms with E-state index in [2.05, 4.69) is 17.4 Å². The number of carbonyl (C=O) groups is 1. The number of amides is 1. The van der Waals surface area contributed by atoms with Crippen molar-refractivity contribution in [3.63, 3.8) is 0 Å². The van der Waals surface area contributed by atoms with Gasteiger partial charge >= 0.3 is 0 Å². The summed E-state index contributed by atoms with van der Waals surface area (Å²) in [6.45, 7) is 1.09. The minimum absolute atomic E-state index is 0.0535. The average Bonchev–Trinajstić information content (AvgIpc) is 2.72. The summed E-state index contributed by atoms with van der Waals surface area (Å²) >= 11 is 0. The van der Waals surface area contributed by atoms with Crippen LogP contribution in [0.25, 0.3) is 0 Å². The van der Waals surface area contributed by atoms with Crippen LogP contribution >= 0.6 is 0 Å². The Morgan fingerprint density at radius 3 is 2.54 bits per heavy atom. The van der Waals surface area contributed by atoms with Crippen molar-refractivity contribution >= 4 is 15.9 Å². The largest absolute Gasteiger partial charge is 0.356 e. The predicted molar refractivity (Wildman–Crippen MR) is 106 cm³/mol. The van der Waals surface area contributed by atoms with Crippen LogP contribution in [0.1, 0.15) is 24.8 Å². The van der Waals surface area contributed by atoms with Crippen LogP contribution in [0.15, 0.2) is 59.5 Å². The van der Waals surface area contributed by atoms with Crippen molar-refractivity contribution in [2.45, 2.75) is 30.6 Å². The van der Waals surface area contributed by atoms with E-state index in [1.165, 1.54) is 22.0 Å². The summed E-state index contributed by atoms with van der Waals surface area (Å²) in [7, 11) is -3.72. The molecule has 1 amide bonds. The lowest BCUT2D eigenvalue weighted by Crippen LogP contribution is -2.45. The summed E-state index contributed by atoms with van der Waals surface area (Å²) < 4.78 is 39.9. The van der Waals surface area contributed by atoms with Gasteiger partial charge in [-0.25, -0.2) is 12.8 Å². The van der Waals surface area contributed by atoms with Gasteiger partial charge < -0.3 is 5.32 Å². The highest BCUT2D eigenvalue weighted by atomic mass is 32.2. The number of hydrogen-bond acceptors (Lipinski definition) is 3. The van der Waals surface area contributed by atoms with Gasteiger partial charge in [0.15, 0.2) is 0 Å². The third kappa shape index (κ3) is 5.17. The molecule has 7 heteroatoms. The number of benzene rings is 2. The first kappa shape index (κ1) is 20.5. The summed E-state index contributed by atoms with van der Waals surface area (Å²) in [5.74, 6) is -0.946. The molecule has 1 atom stereocenters. The molecule has 0 bridgehead atoms. The highest BCUT2D eigenvalue weighted by molar-refractivity contribution is 7.89. The summed E-state index contributed by atoms with van der Waals surface area (Å²) in [5, 5.41) is 2.93. The molecule has 5 nitrogen and oxygen atoms in total. The zero-order valence-electron chi connectivity index (χ0n) is 15.7. The number of hydrogen-bond donors (Lipinski definition) is 1. The molecule has 1 N–H and O–H groups in total. The maximum Gasteiger partial charge on any atom is 0.243 e. The topological polar surface area (TPSA) is 66.5 Å². The summed E-state index contributed by atoms with van der Waals surface area (Å²) in [6, 6.07) is 14.9. The normalized spacial score (nSPS) is 18.0. The van der Waals surface area contributed by atoms with Crippen molar-refractivity contribution in [3.8, 4) is 0 Å². The average molecular weight is 405 g/mol. The van der Waals surface area contributed by atoms with Crippen LogP contribution in [0.3, 0.4) is 0 Å². The third-order valence-corrected chi connectivity index (χ3v) is 6.87. The van der Waals surface area contributed by atoms with E-state index in [0.29, 0.717) is 25.9 Å². The molecule has 1 aliphatic heterocycles. The van der Waals surface area contributed by atoms with Gasteiger partial charge in [-0.2, -0.15) is 4.31 Å². The monoisotopic (exact) mass is 404 g/mol. The minimum Gasteiger partial charge on any atom is -0.356 e. The third-order valence-electron chi connectivity index (χ3n) is 4.99. The number of rotatable bonds is 7. The van der Waals surface area contributed by atoms with Gasteiger partial charge in [0.05, 0.1) is 10.8 Å². The number of nitrogens with zero attached hydrogens (tertiary/aromatic N) is 1. The van der Waals surface area contributed by atoms with Crippen LogP contribution < -0.4 is 5.32 Å². The van der Waals surface area contributed by atoms with Gasteiger partial charge in [0.25, 0.3) is 0 Å². The molecule has 0 aliphatic carbocycles. The first-order valence-corrected chi connectivity index (χ1v) is 11.0. The minimum atomic E-state index is -3.72. The van der Waals surface area contributed by atoms with Gasteiger partial charge in [-0.1, -0.05) is 30.3 Å². The Kier molecular flexibility index (Phi) is 6.80. The molecule has 0 aromatic heterocycles. The summed E-state index contributed by atoms with van der Waals surface area (Å²) in [6.07, 6.45) is 3.01. The Morgan fingerprint density at radius 2 is 1.82 bits per heavy atom. The second-order valence-electron chi connectivity index (χ2n) is 7.04. The van der Waals surface area contributed by atoms with E-state index < -0.39 is 15.8 Å². The maximum atomic E-state index is 13.1. The highest BCUT2D eigenvalue weighted by Crippen LogP contribution is 2.24. The molecular formula is C21H25FN2O3S. The van der Waals surface area contributed by atoms with Gasteiger partial charge in [0.1, 0.15) is 5.82 Å². The molecule has 150 valence electrons. The van der Waals surface area contributed by atoms with E-state index in [4.69, 9.17) is 0 Å². The van der Waals surface area contributed by atoms with E-state index in [1.807, 2.05) is 18.2 Å². The van der Waals surface area contributed by atoms with Crippen LogP contribution in [0, 0.1) is 11.7 Å². The molecule has 1 saturated heterocycles. The van der Waals surface area contributed by atoms with Crippen molar-refractivity contribution in [3.05, 3.63) is 66.0 Å². The van der Waals surface area contributed by atoms with E-state index >= 15 is 0 Å². The van der Waals surface area contributed by atoms with Crippen molar-refractivity contribution in [2.24, 2.45) is 5.92 Å². The van der Waals surface area contributed by atoms with Crippen molar-refractivity contribution in [1.82, 2.24) is 9.62 Å². The fourth-order valence-corrected chi connectivity index (χ4v) is 4.95. The first-order valence-electron chi connectivity index (χ1n) is 9.54. The van der Waals surface area contributed by atoms with E-state index in [1.54, 1.807) is 0 Å². The first-order chi connectivity index (χ1) is 13.5. The molecule has 2 aromatic carbocycles. The molecule has 1 heterocycles. The predicted octanol–water partition coefficient (Wildman–Crippen LogP) is 2.98. The highest BCUT2D eigenvalue weighted by Gasteiger charge is 2.33. The van der Waals surface area contributed by atoms with E-state index in [0.717, 1.165) is 25.0 Å². The Labute approximate surface area is 165 Å². The van der Waals surface area contributed by atoms with Gasteiger partial charge in [0.2, 0.25) is 15.9 Å². The van der Waals surface area contributed by atoms with Crippen LogP contribution in [0.2, 0.25) is 0 Å². The molecule has 1 fully saturated rings. The fraction of sp³-hybridized carbons (Fsp3) is 0.381. The molecule has 0 saturated carbocycles. The number of carbonyl (C=O) groups excluding carboxylic acids is 1. The molecule has 28 heavy (non-hydrogen) atoms. The van der Waals surface area contributed by atoms with Gasteiger partial charge in [-0.3, -0.25) is 4.79 Å². The number of sulfonamides is 1. The lowest BCUT2D eigenvalue weighted by molar-refractivity contribution is -0.126. The SMILES string of the molecule is O=C(NCCCc1ccccc1)C1CCCN(S(=O)(=O)c2ccc(F)cc2)C1. The molecule has 0 spiro atoms. The Morgan fingerprint density at radius 1 is 1.11 bits per heavy atom. The molecule has 1 aliphatic rings. The fourth-order valence-electron chi connectivity index (χ4n) is 3.42. The van der Waals surface area contributed by atoms with Crippen molar-refractivity contribution in [1.29, 1.82) is 0 Å².